The predicted molar refractivity (Wildman–Crippen MR) is 114 cm³/mol. The van der Waals surface area contributed by atoms with Crippen LogP contribution >= 0.6 is 28.3 Å². The summed E-state index contributed by atoms with van der Waals surface area (Å²) in [7, 11) is 0. The van der Waals surface area contributed by atoms with Crippen LogP contribution in [0.15, 0.2) is 48.5 Å². The molecule has 2 aliphatic rings. The molecule has 0 bridgehead atoms. The Morgan fingerprint density at radius 2 is 1.26 bits per heavy atom. The molecule has 168 valence electrons. The molecule has 31 heavy (non-hydrogen) atoms. The van der Waals surface area contributed by atoms with E-state index in [9.17, 15) is 18.4 Å². The maximum atomic E-state index is 12.6. The lowest BCUT2D eigenvalue weighted by Crippen LogP contribution is -2.34. The van der Waals surface area contributed by atoms with Gasteiger partial charge in [-0.15, -0.1) is 12.4 Å². The van der Waals surface area contributed by atoms with Crippen LogP contribution in [0, 0.1) is 11.6 Å². The van der Waals surface area contributed by atoms with Gasteiger partial charge in [0.25, 0.3) is 11.8 Å². The van der Waals surface area contributed by atoms with Gasteiger partial charge in [0, 0.05) is 0 Å². The Kier molecular flexibility index (Phi) is 9.32. The van der Waals surface area contributed by atoms with E-state index < -0.39 is 6.04 Å². The van der Waals surface area contributed by atoms with Gasteiger partial charge in [-0.25, -0.2) is 18.9 Å². The molecular weight excluding hydrogens is 500 g/mol. The van der Waals surface area contributed by atoms with E-state index >= 15 is 0 Å². The number of nitrogens with two attached hydrogens (primary N) is 1. The van der Waals surface area contributed by atoms with Gasteiger partial charge in [-0.3, -0.25) is 19.3 Å². The quantitative estimate of drug-likeness (QED) is 0.627. The summed E-state index contributed by atoms with van der Waals surface area (Å²) in [5.74, 6) is -0.923. The van der Waals surface area contributed by atoms with Crippen LogP contribution in [0.25, 0.3) is 0 Å². The Morgan fingerprint density at radius 1 is 0.839 bits per heavy atom. The number of carbonyl (C=O) groups is 2. The van der Waals surface area contributed by atoms with Gasteiger partial charge >= 0.3 is 0 Å². The molecule has 0 saturated carbocycles. The number of carbonyl (C=O) groups excluding carboxylic acids is 2. The van der Waals surface area contributed by atoms with Crippen molar-refractivity contribution in [2.75, 3.05) is 13.2 Å². The first kappa shape index (κ1) is 25.2. The number of hydrogen-bond acceptors (Lipinski definition) is 5. The number of nitrogens with zero attached hydrogens (tertiary/aromatic N) is 2. The van der Waals surface area contributed by atoms with Gasteiger partial charge in [0.1, 0.15) is 22.5 Å². The fourth-order valence-corrected chi connectivity index (χ4v) is 3.04. The van der Waals surface area contributed by atoms with Gasteiger partial charge in [-0.1, -0.05) is 40.2 Å². The summed E-state index contributed by atoms with van der Waals surface area (Å²) in [6, 6.07) is 11.3. The standard InChI is InChI=1S/C10H9BrFNO2.C10H11FN2O2.ClH/c11-9-6-15-13(10(9)14)5-7-1-3-8(12)4-2-7;11-8-3-1-7(2-4-8)5-13-10(14)9(12)6-15-13;/h1-4,9H,5-6H2;1-4,9H,5-6,12H2;1H/t;9-;/m.1./s1. The Bertz CT molecular complexity index is 815. The maximum absolute atomic E-state index is 12.6. The van der Waals surface area contributed by atoms with Crippen LogP contribution in [0.3, 0.4) is 0 Å². The summed E-state index contributed by atoms with van der Waals surface area (Å²) in [5, 5.41) is 2.49. The molecule has 2 aromatic rings. The number of rotatable bonds is 4. The minimum absolute atomic E-state index is 0. The summed E-state index contributed by atoms with van der Waals surface area (Å²) in [6.45, 7) is 1.20. The molecule has 2 saturated heterocycles. The second-order valence-electron chi connectivity index (χ2n) is 6.67. The fourth-order valence-electron chi connectivity index (χ4n) is 2.70. The summed E-state index contributed by atoms with van der Waals surface area (Å²) in [4.78, 5) is 32.8. The maximum Gasteiger partial charge on any atom is 0.265 e. The molecule has 2 fully saturated rings. The highest BCUT2D eigenvalue weighted by Gasteiger charge is 2.31. The van der Waals surface area contributed by atoms with Crippen LogP contribution in [-0.4, -0.2) is 46.0 Å². The van der Waals surface area contributed by atoms with Crippen LogP contribution in [0.2, 0.25) is 0 Å². The molecule has 0 aliphatic carbocycles. The molecule has 0 spiro atoms. The summed E-state index contributed by atoms with van der Waals surface area (Å²) < 4.78 is 25.2. The highest BCUT2D eigenvalue weighted by atomic mass is 79.9. The van der Waals surface area contributed by atoms with Gasteiger partial charge in [0.2, 0.25) is 0 Å². The van der Waals surface area contributed by atoms with E-state index in [0.29, 0.717) is 19.7 Å². The third-order valence-electron chi connectivity index (χ3n) is 4.34. The lowest BCUT2D eigenvalue weighted by atomic mass is 10.2. The first-order chi connectivity index (χ1) is 14.3. The van der Waals surface area contributed by atoms with Crippen molar-refractivity contribution < 1.29 is 28.0 Å². The molecule has 4 rings (SSSR count). The zero-order valence-corrected chi connectivity index (χ0v) is 18.7. The number of halogens is 4. The van der Waals surface area contributed by atoms with E-state index in [-0.39, 0.29) is 47.3 Å². The highest BCUT2D eigenvalue weighted by molar-refractivity contribution is 9.10. The molecule has 2 heterocycles. The molecule has 2 aromatic carbocycles. The summed E-state index contributed by atoms with van der Waals surface area (Å²) in [6.07, 6.45) is 0. The van der Waals surface area contributed by atoms with Crippen molar-refractivity contribution in [1.29, 1.82) is 0 Å². The first-order valence-electron chi connectivity index (χ1n) is 9.10. The Hall–Kier alpha value is -2.11. The average Bonchev–Trinajstić information content (AvgIpc) is 3.22. The van der Waals surface area contributed by atoms with E-state index in [2.05, 4.69) is 15.9 Å². The van der Waals surface area contributed by atoms with Crippen molar-refractivity contribution in [3.63, 3.8) is 0 Å². The van der Waals surface area contributed by atoms with Gasteiger partial charge in [0.05, 0.1) is 26.3 Å². The Labute approximate surface area is 192 Å². The predicted octanol–water partition coefficient (Wildman–Crippen LogP) is 2.71. The van der Waals surface area contributed by atoms with Gasteiger partial charge in [-0.2, -0.15) is 0 Å². The second-order valence-corrected chi connectivity index (χ2v) is 7.77. The monoisotopic (exact) mass is 519 g/mol. The van der Waals surface area contributed by atoms with Crippen LogP contribution < -0.4 is 5.73 Å². The average molecular weight is 521 g/mol. The number of benzene rings is 2. The number of hydrogen-bond donors (Lipinski definition) is 1. The smallest absolute Gasteiger partial charge is 0.265 e. The van der Waals surface area contributed by atoms with Crippen molar-refractivity contribution in [3.8, 4) is 0 Å². The van der Waals surface area contributed by atoms with E-state index in [4.69, 9.17) is 15.4 Å². The number of amides is 2. The lowest BCUT2D eigenvalue weighted by Gasteiger charge is -2.13. The molecular formula is C20H21BrClF2N3O4. The minimum Gasteiger partial charge on any atom is -0.318 e. The van der Waals surface area contributed by atoms with Crippen LogP contribution in [0.4, 0.5) is 8.78 Å². The Morgan fingerprint density at radius 3 is 1.61 bits per heavy atom. The normalized spacial score (nSPS) is 20.4. The lowest BCUT2D eigenvalue weighted by molar-refractivity contribution is -0.164. The van der Waals surface area contributed by atoms with Gasteiger partial charge < -0.3 is 5.73 Å². The fraction of sp³-hybridized carbons (Fsp3) is 0.300. The van der Waals surface area contributed by atoms with Crippen molar-refractivity contribution in [3.05, 3.63) is 71.3 Å². The second kappa shape index (κ2) is 11.5. The van der Waals surface area contributed by atoms with Gasteiger partial charge in [0.15, 0.2) is 0 Å². The molecule has 2 atom stereocenters. The van der Waals surface area contributed by atoms with Crippen LogP contribution in [0.5, 0.6) is 0 Å². The number of hydroxylamine groups is 4. The van der Waals surface area contributed by atoms with Crippen molar-refractivity contribution in [2.24, 2.45) is 5.73 Å². The Balaban J connectivity index is 0.000000213. The molecule has 1 unspecified atom stereocenters. The van der Waals surface area contributed by atoms with Crippen molar-refractivity contribution >= 4 is 40.2 Å². The topological polar surface area (TPSA) is 85.1 Å². The van der Waals surface area contributed by atoms with Crippen LogP contribution in [0.1, 0.15) is 11.1 Å². The third kappa shape index (κ3) is 6.94. The molecule has 2 N–H and O–H groups in total. The number of alkyl halides is 1. The van der Waals surface area contributed by atoms with Crippen LogP contribution in [-0.2, 0) is 32.4 Å². The molecule has 7 nitrogen and oxygen atoms in total. The summed E-state index contributed by atoms with van der Waals surface area (Å²) >= 11 is 3.19. The molecule has 2 aliphatic heterocycles. The van der Waals surface area contributed by atoms with Crippen molar-refractivity contribution in [1.82, 2.24) is 10.1 Å². The largest absolute Gasteiger partial charge is 0.318 e. The van der Waals surface area contributed by atoms with Crippen molar-refractivity contribution in [2.45, 2.75) is 24.0 Å². The highest BCUT2D eigenvalue weighted by Crippen LogP contribution is 2.18. The molecule has 11 heteroatoms. The van der Waals surface area contributed by atoms with Gasteiger partial charge in [-0.05, 0) is 35.4 Å². The molecule has 0 radical (unpaired) electrons. The zero-order valence-electron chi connectivity index (χ0n) is 16.2. The SMILES string of the molecule is Cl.N[C@@H]1CON(Cc2ccc(F)cc2)C1=O.O=C1C(Br)CON1Cc1ccc(F)cc1. The molecule has 0 aromatic heterocycles. The minimum atomic E-state index is -0.578. The zero-order chi connectivity index (χ0) is 21.7. The third-order valence-corrected chi connectivity index (χ3v) is 5.00. The molecule has 2 amide bonds. The van der Waals surface area contributed by atoms with E-state index in [1.54, 1.807) is 24.3 Å². The summed E-state index contributed by atoms with van der Waals surface area (Å²) in [5.41, 5.74) is 7.11. The van der Waals surface area contributed by atoms with E-state index in [1.165, 1.54) is 34.4 Å². The van der Waals surface area contributed by atoms with E-state index in [1.807, 2.05) is 0 Å². The van der Waals surface area contributed by atoms with E-state index in [0.717, 1.165) is 11.1 Å². The first-order valence-corrected chi connectivity index (χ1v) is 10.0.